The van der Waals surface area contributed by atoms with Gasteiger partial charge >= 0.3 is 5.69 Å². The van der Waals surface area contributed by atoms with Crippen LogP contribution in [0.1, 0.15) is 19.5 Å². The highest BCUT2D eigenvalue weighted by atomic mass is 16.6. The van der Waals surface area contributed by atoms with Gasteiger partial charge < -0.3 is 4.74 Å². The van der Waals surface area contributed by atoms with Crippen LogP contribution in [0.2, 0.25) is 0 Å². The minimum Gasteiger partial charge on any atom is -0.379 e. The van der Waals surface area contributed by atoms with Gasteiger partial charge in [-0.25, -0.2) is 0 Å². The highest BCUT2D eigenvalue weighted by Crippen LogP contribution is 2.22. The minimum atomic E-state index is -0.388. The second-order valence-electron chi connectivity index (χ2n) is 5.44. The average Bonchev–Trinajstić information content (AvgIpc) is 2.72. The summed E-state index contributed by atoms with van der Waals surface area (Å²) in [6.45, 7) is 9.87. The van der Waals surface area contributed by atoms with E-state index in [0.29, 0.717) is 12.2 Å². The SMILES string of the molecule is Cc1c([N+](=O)[O-])cnn1CC(C)(C)N1CCOCC1. The molecule has 1 aliphatic heterocycles. The molecule has 0 bridgehead atoms. The molecule has 0 N–H and O–H groups in total. The molecule has 0 radical (unpaired) electrons. The van der Waals surface area contributed by atoms with E-state index >= 15 is 0 Å². The molecule has 1 saturated heterocycles. The lowest BCUT2D eigenvalue weighted by Crippen LogP contribution is -2.52. The van der Waals surface area contributed by atoms with E-state index in [-0.39, 0.29) is 16.1 Å². The van der Waals surface area contributed by atoms with Gasteiger partial charge in [-0.1, -0.05) is 0 Å². The molecule has 2 rings (SSSR count). The largest absolute Gasteiger partial charge is 0.379 e. The van der Waals surface area contributed by atoms with Crippen molar-refractivity contribution in [2.75, 3.05) is 26.3 Å². The number of ether oxygens (including phenoxy) is 1. The van der Waals surface area contributed by atoms with Crippen molar-refractivity contribution in [3.05, 3.63) is 22.0 Å². The van der Waals surface area contributed by atoms with Crippen LogP contribution in [0, 0.1) is 17.0 Å². The fourth-order valence-electron chi connectivity index (χ4n) is 2.41. The van der Waals surface area contributed by atoms with Crippen LogP contribution >= 0.6 is 0 Å². The first kappa shape index (κ1) is 14.0. The molecular formula is C12H20N4O3. The minimum absolute atomic E-state index is 0.0813. The Bertz CT molecular complexity index is 464. The maximum absolute atomic E-state index is 10.8. The molecule has 0 saturated carbocycles. The first-order valence-electron chi connectivity index (χ1n) is 6.41. The number of aromatic nitrogens is 2. The molecule has 19 heavy (non-hydrogen) atoms. The fraction of sp³-hybridized carbons (Fsp3) is 0.750. The summed E-state index contributed by atoms with van der Waals surface area (Å²) < 4.78 is 7.07. The van der Waals surface area contributed by atoms with Gasteiger partial charge in [0.25, 0.3) is 0 Å². The highest BCUT2D eigenvalue weighted by molar-refractivity contribution is 5.31. The molecule has 0 aromatic carbocycles. The smallest absolute Gasteiger partial charge is 0.309 e. The second kappa shape index (κ2) is 5.26. The lowest BCUT2D eigenvalue weighted by atomic mass is 10.0. The molecule has 7 heteroatoms. The predicted molar refractivity (Wildman–Crippen MR) is 70.1 cm³/mol. The van der Waals surface area contributed by atoms with Gasteiger partial charge in [-0.05, 0) is 20.8 Å². The molecule has 7 nitrogen and oxygen atoms in total. The van der Waals surface area contributed by atoms with Crippen LogP contribution < -0.4 is 0 Å². The Morgan fingerprint density at radius 3 is 2.63 bits per heavy atom. The summed E-state index contributed by atoms with van der Waals surface area (Å²) in [6.07, 6.45) is 1.32. The maximum Gasteiger partial charge on any atom is 0.309 e. The van der Waals surface area contributed by atoms with E-state index < -0.39 is 0 Å². The number of rotatable bonds is 4. The molecule has 1 aliphatic rings. The van der Waals surface area contributed by atoms with Gasteiger partial charge in [-0.2, -0.15) is 5.10 Å². The van der Waals surface area contributed by atoms with E-state index in [1.807, 2.05) is 0 Å². The third-order valence-corrected chi connectivity index (χ3v) is 3.68. The highest BCUT2D eigenvalue weighted by Gasteiger charge is 2.30. The Morgan fingerprint density at radius 1 is 1.47 bits per heavy atom. The molecule has 0 amide bonds. The van der Waals surface area contributed by atoms with E-state index in [9.17, 15) is 10.1 Å². The quantitative estimate of drug-likeness (QED) is 0.606. The van der Waals surface area contributed by atoms with Crippen LogP contribution in [0.5, 0.6) is 0 Å². The van der Waals surface area contributed by atoms with Crippen molar-refractivity contribution in [2.45, 2.75) is 32.9 Å². The number of hydrogen-bond acceptors (Lipinski definition) is 5. The van der Waals surface area contributed by atoms with Gasteiger partial charge in [0.2, 0.25) is 0 Å². The Kier molecular flexibility index (Phi) is 3.86. The normalized spacial score (nSPS) is 17.6. The van der Waals surface area contributed by atoms with Crippen LogP contribution in [0.3, 0.4) is 0 Å². The van der Waals surface area contributed by atoms with E-state index in [1.165, 1.54) is 6.20 Å². The zero-order valence-electron chi connectivity index (χ0n) is 11.6. The number of morpholine rings is 1. The topological polar surface area (TPSA) is 73.4 Å². The van der Waals surface area contributed by atoms with Crippen LogP contribution in [0.25, 0.3) is 0 Å². The summed E-state index contributed by atoms with van der Waals surface area (Å²) in [5.41, 5.74) is 0.582. The monoisotopic (exact) mass is 268 g/mol. The fourth-order valence-corrected chi connectivity index (χ4v) is 2.41. The van der Waals surface area contributed by atoms with Gasteiger partial charge in [0.15, 0.2) is 0 Å². The number of nitro groups is 1. The summed E-state index contributed by atoms with van der Waals surface area (Å²) in [6, 6.07) is 0. The molecular weight excluding hydrogens is 248 g/mol. The first-order chi connectivity index (χ1) is 8.92. The third kappa shape index (κ3) is 2.93. The van der Waals surface area contributed by atoms with E-state index in [0.717, 1.165) is 26.3 Å². The summed E-state index contributed by atoms with van der Waals surface area (Å²) >= 11 is 0. The Morgan fingerprint density at radius 2 is 2.11 bits per heavy atom. The Hall–Kier alpha value is -1.47. The van der Waals surface area contributed by atoms with Crippen LogP contribution in [0.4, 0.5) is 5.69 Å². The third-order valence-electron chi connectivity index (χ3n) is 3.68. The summed E-state index contributed by atoms with van der Waals surface area (Å²) in [5, 5.41) is 15.0. The number of nitrogens with zero attached hydrogens (tertiary/aromatic N) is 4. The molecule has 0 unspecified atom stereocenters. The Balaban J connectivity index is 2.13. The van der Waals surface area contributed by atoms with E-state index in [1.54, 1.807) is 11.6 Å². The molecule has 2 heterocycles. The molecule has 106 valence electrons. The lowest BCUT2D eigenvalue weighted by Gasteiger charge is -2.40. The summed E-state index contributed by atoms with van der Waals surface area (Å²) in [5.74, 6) is 0. The average molecular weight is 268 g/mol. The zero-order chi connectivity index (χ0) is 14.0. The molecule has 1 fully saturated rings. The van der Waals surface area contributed by atoms with Crippen LogP contribution in [-0.4, -0.2) is 51.4 Å². The van der Waals surface area contributed by atoms with Crippen molar-refractivity contribution in [1.29, 1.82) is 0 Å². The van der Waals surface area contributed by atoms with E-state index in [2.05, 4.69) is 23.8 Å². The zero-order valence-corrected chi connectivity index (χ0v) is 11.6. The predicted octanol–water partition coefficient (Wildman–Crippen LogP) is 1.21. The molecule has 0 spiro atoms. The van der Waals surface area contributed by atoms with Crippen molar-refractivity contribution >= 4 is 5.69 Å². The van der Waals surface area contributed by atoms with Crippen molar-refractivity contribution in [1.82, 2.24) is 14.7 Å². The van der Waals surface area contributed by atoms with Crippen molar-refractivity contribution < 1.29 is 9.66 Å². The Labute approximate surface area is 112 Å². The molecule has 1 aromatic heterocycles. The van der Waals surface area contributed by atoms with E-state index in [4.69, 9.17) is 4.74 Å². The molecule has 0 aliphatic carbocycles. The lowest BCUT2D eigenvalue weighted by molar-refractivity contribution is -0.385. The summed E-state index contributed by atoms with van der Waals surface area (Å²) in [7, 11) is 0. The van der Waals surface area contributed by atoms with Crippen LogP contribution in [-0.2, 0) is 11.3 Å². The van der Waals surface area contributed by atoms with Gasteiger partial charge in [-0.3, -0.25) is 19.7 Å². The standard InChI is InChI=1S/C12H20N4O3/c1-10-11(16(17)18)8-13-15(10)9-12(2,3)14-4-6-19-7-5-14/h8H,4-7,9H2,1-3H3. The van der Waals surface area contributed by atoms with Crippen LogP contribution in [0.15, 0.2) is 6.20 Å². The first-order valence-corrected chi connectivity index (χ1v) is 6.41. The van der Waals surface area contributed by atoms with Gasteiger partial charge in [-0.15, -0.1) is 0 Å². The van der Waals surface area contributed by atoms with Crippen molar-refractivity contribution in [2.24, 2.45) is 0 Å². The van der Waals surface area contributed by atoms with Gasteiger partial charge in [0.1, 0.15) is 11.9 Å². The van der Waals surface area contributed by atoms with Crippen molar-refractivity contribution in [3.8, 4) is 0 Å². The molecule has 0 atom stereocenters. The molecule has 1 aromatic rings. The number of hydrogen-bond donors (Lipinski definition) is 0. The van der Waals surface area contributed by atoms with Crippen molar-refractivity contribution in [3.63, 3.8) is 0 Å². The maximum atomic E-state index is 10.8. The van der Waals surface area contributed by atoms with Gasteiger partial charge in [0.05, 0.1) is 24.7 Å². The van der Waals surface area contributed by atoms with Gasteiger partial charge in [0, 0.05) is 18.6 Å². The summed E-state index contributed by atoms with van der Waals surface area (Å²) in [4.78, 5) is 12.8. The second-order valence-corrected chi connectivity index (χ2v) is 5.44.